The van der Waals surface area contributed by atoms with Crippen LogP contribution < -0.4 is 15.0 Å². The lowest BCUT2D eigenvalue weighted by Crippen LogP contribution is -2.24. The number of imidazole rings is 1. The minimum atomic E-state index is -0.103. The molecule has 1 fully saturated rings. The Kier molecular flexibility index (Phi) is 8.87. The van der Waals surface area contributed by atoms with E-state index in [9.17, 15) is 0 Å². The third-order valence-corrected chi connectivity index (χ3v) is 7.25. The second-order valence-corrected chi connectivity index (χ2v) is 10.3. The van der Waals surface area contributed by atoms with Gasteiger partial charge in [0.25, 0.3) is 0 Å². The molecule has 5 aromatic rings. The van der Waals surface area contributed by atoms with E-state index in [1.807, 2.05) is 42.7 Å². The van der Waals surface area contributed by atoms with E-state index >= 15 is 0 Å². The third kappa shape index (κ3) is 6.70. The molecule has 1 unspecified atom stereocenters. The van der Waals surface area contributed by atoms with Gasteiger partial charge in [-0.2, -0.15) is 9.97 Å². The molecule has 1 aliphatic heterocycles. The number of hydrogen-bond donors (Lipinski definition) is 1. The average molecular weight is 565 g/mol. The van der Waals surface area contributed by atoms with E-state index in [0.717, 1.165) is 54.3 Å². The predicted octanol–water partition coefficient (Wildman–Crippen LogP) is 6.50. The molecule has 3 aromatic carbocycles. The van der Waals surface area contributed by atoms with E-state index in [1.54, 1.807) is 7.11 Å². The Labute approximate surface area is 246 Å². The van der Waals surface area contributed by atoms with Gasteiger partial charge >= 0.3 is 0 Å². The molecule has 0 bridgehead atoms. The van der Waals surface area contributed by atoms with Crippen LogP contribution in [0.25, 0.3) is 11.2 Å². The van der Waals surface area contributed by atoms with Gasteiger partial charge in [-0.25, -0.2) is 4.98 Å². The maximum Gasteiger partial charge on any atom is 0.231 e. The number of anilines is 3. The number of ether oxygens (including phenoxy) is 3. The van der Waals surface area contributed by atoms with Gasteiger partial charge < -0.3 is 24.4 Å². The van der Waals surface area contributed by atoms with E-state index in [1.165, 1.54) is 11.1 Å². The highest BCUT2D eigenvalue weighted by Gasteiger charge is 2.24. The van der Waals surface area contributed by atoms with E-state index in [-0.39, 0.29) is 6.23 Å². The molecule has 1 atom stereocenters. The SMILES string of the molecule is COCCOc1cccc(Nc2nc(N(Cc3ccccc3)Cc3ccccc3)c3ncn(C4CCCCO4)c3n2)c1. The number of hydrogen-bond acceptors (Lipinski definition) is 8. The summed E-state index contributed by atoms with van der Waals surface area (Å²) in [4.78, 5) is 17.2. The van der Waals surface area contributed by atoms with Gasteiger partial charge in [-0.1, -0.05) is 66.7 Å². The molecule has 1 N–H and O–H groups in total. The first kappa shape index (κ1) is 27.7. The largest absolute Gasteiger partial charge is 0.491 e. The van der Waals surface area contributed by atoms with Crippen LogP contribution in [0.5, 0.6) is 5.75 Å². The predicted molar refractivity (Wildman–Crippen MR) is 164 cm³/mol. The van der Waals surface area contributed by atoms with Crippen LogP contribution in [0.2, 0.25) is 0 Å². The van der Waals surface area contributed by atoms with E-state index in [0.29, 0.717) is 32.3 Å². The maximum absolute atomic E-state index is 6.14. The summed E-state index contributed by atoms with van der Waals surface area (Å²) in [6.45, 7) is 3.05. The quantitative estimate of drug-likeness (QED) is 0.172. The second kappa shape index (κ2) is 13.5. The van der Waals surface area contributed by atoms with Gasteiger partial charge in [0.05, 0.1) is 12.9 Å². The summed E-state index contributed by atoms with van der Waals surface area (Å²) in [6.07, 6.45) is 4.84. The summed E-state index contributed by atoms with van der Waals surface area (Å²) in [5.74, 6) is 1.99. The lowest BCUT2D eigenvalue weighted by molar-refractivity contribution is -0.0298. The summed E-state index contributed by atoms with van der Waals surface area (Å²) < 4.78 is 19.2. The summed E-state index contributed by atoms with van der Waals surface area (Å²) in [5.41, 5.74) is 4.69. The lowest BCUT2D eigenvalue weighted by Gasteiger charge is -2.26. The Bertz CT molecular complexity index is 1530. The minimum absolute atomic E-state index is 0.103. The molecule has 216 valence electrons. The molecule has 3 heterocycles. The molecule has 6 rings (SSSR count). The number of methoxy groups -OCH3 is 1. The van der Waals surface area contributed by atoms with Crippen molar-refractivity contribution in [2.75, 3.05) is 37.1 Å². The van der Waals surface area contributed by atoms with Crippen molar-refractivity contribution in [3.05, 3.63) is 102 Å². The first-order chi connectivity index (χ1) is 20.8. The standard InChI is InChI=1S/C33H36N6O3/c1-40-19-20-41-28-16-10-15-27(21-28)35-33-36-31(30-32(37-33)39(24-34-30)29-17-8-9-18-42-29)38(22-25-11-4-2-5-12-25)23-26-13-6-3-7-14-26/h2-7,10-16,21,24,29H,8-9,17-20,22-23H2,1H3,(H,35,36,37). The number of aromatic nitrogens is 4. The molecule has 2 aromatic heterocycles. The number of nitrogens with one attached hydrogen (secondary N) is 1. The zero-order valence-corrected chi connectivity index (χ0v) is 23.9. The first-order valence-corrected chi connectivity index (χ1v) is 14.4. The summed E-state index contributed by atoms with van der Waals surface area (Å²) in [6, 6.07) is 28.7. The Hall–Kier alpha value is -4.47. The second-order valence-electron chi connectivity index (χ2n) is 10.3. The van der Waals surface area contributed by atoms with E-state index < -0.39 is 0 Å². The minimum Gasteiger partial charge on any atom is -0.491 e. The highest BCUT2D eigenvalue weighted by Crippen LogP contribution is 2.32. The fourth-order valence-corrected chi connectivity index (χ4v) is 5.18. The van der Waals surface area contributed by atoms with Crippen molar-refractivity contribution < 1.29 is 14.2 Å². The smallest absolute Gasteiger partial charge is 0.231 e. The molecule has 1 aliphatic rings. The Morgan fingerprint density at radius 1 is 0.905 bits per heavy atom. The van der Waals surface area contributed by atoms with Crippen molar-refractivity contribution in [3.63, 3.8) is 0 Å². The molecular formula is C33H36N6O3. The summed E-state index contributed by atoms with van der Waals surface area (Å²) >= 11 is 0. The molecule has 0 radical (unpaired) electrons. The normalized spacial score (nSPS) is 15.0. The Balaban J connectivity index is 1.41. The van der Waals surface area contributed by atoms with Gasteiger partial charge in [0, 0.05) is 38.6 Å². The number of fused-ring (bicyclic) bond motifs is 1. The Morgan fingerprint density at radius 3 is 2.36 bits per heavy atom. The van der Waals surface area contributed by atoms with Crippen LogP contribution in [0.3, 0.4) is 0 Å². The molecule has 1 saturated heterocycles. The first-order valence-electron chi connectivity index (χ1n) is 14.4. The van der Waals surface area contributed by atoms with Gasteiger partial charge in [0.2, 0.25) is 5.95 Å². The van der Waals surface area contributed by atoms with Crippen molar-refractivity contribution in [2.45, 2.75) is 38.6 Å². The number of nitrogens with zero attached hydrogens (tertiary/aromatic N) is 5. The molecular weight excluding hydrogens is 528 g/mol. The van der Waals surface area contributed by atoms with Crippen molar-refractivity contribution >= 4 is 28.6 Å². The van der Waals surface area contributed by atoms with Crippen molar-refractivity contribution in [1.82, 2.24) is 19.5 Å². The molecule has 0 spiro atoms. The van der Waals surface area contributed by atoms with Gasteiger partial charge in [-0.05, 0) is 42.5 Å². The molecule has 42 heavy (non-hydrogen) atoms. The molecule has 0 saturated carbocycles. The zero-order chi connectivity index (χ0) is 28.6. The fourth-order valence-electron chi connectivity index (χ4n) is 5.18. The summed E-state index contributed by atoms with van der Waals surface area (Å²) in [7, 11) is 1.66. The van der Waals surface area contributed by atoms with Crippen LogP contribution in [-0.2, 0) is 22.6 Å². The van der Waals surface area contributed by atoms with Gasteiger partial charge in [-0.3, -0.25) is 4.57 Å². The van der Waals surface area contributed by atoms with Crippen LogP contribution in [0, 0.1) is 0 Å². The third-order valence-electron chi connectivity index (χ3n) is 7.25. The van der Waals surface area contributed by atoms with E-state index in [4.69, 9.17) is 29.2 Å². The zero-order valence-electron chi connectivity index (χ0n) is 23.9. The van der Waals surface area contributed by atoms with Crippen LogP contribution >= 0.6 is 0 Å². The average Bonchev–Trinajstić information content (AvgIpc) is 3.46. The molecule has 0 amide bonds. The monoisotopic (exact) mass is 564 g/mol. The highest BCUT2D eigenvalue weighted by molar-refractivity contribution is 5.85. The van der Waals surface area contributed by atoms with Crippen LogP contribution in [-0.4, -0.2) is 46.4 Å². The Morgan fingerprint density at radius 2 is 1.67 bits per heavy atom. The van der Waals surface area contributed by atoms with Crippen molar-refractivity contribution in [3.8, 4) is 5.75 Å². The van der Waals surface area contributed by atoms with Gasteiger partial charge in [-0.15, -0.1) is 0 Å². The van der Waals surface area contributed by atoms with Gasteiger partial charge in [0.1, 0.15) is 18.6 Å². The summed E-state index contributed by atoms with van der Waals surface area (Å²) in [5, 5.41) is 3.43. The maximum atomic E-state index is 6.14. The lowest BCUT2D eigenvalue weighted by atomic mass is 10.1. The molecule has 9 nitrogen and oxygen atoms in total. The number of rotatable bonds is 12. The highest BCUT2D eigenvalue weighted by atomic mass is 16.5. The molecule has 9 heteroatoms. The van der Waals surface area contributed by atoms with Crippen LogP contribution in [0.4, 0.5) is 17.5 Å². The van der Waals surface area contributed by atoms with Gasteiger partial charge in [0.15, 0.2) is 17.0 Å². The van der Waals surface area contributed by atoms with Crippen molar-refractivity contribution in [2.24, 2.45) is 0 Å². The topological polar surface area (TPSA) is 86.6 Å². The van der Waals surface area contributed by atoms with Crippen LogP contribution in [0.15, 0.2) is 91.3 Å². The fraction of sp³-hybridized carbons (Fsp3) is 0.303. The number of benzene rings is 3. The molecule has 0 aliphatic carbocycles. The van der Waals surface area contributed by atoms with Crippen molar-refractivity contribution in [1.29, 1.82) is 0 Å². The van der Waals surface area contributed by atoms with E-state index in [2.05, 4.69) is 63.3 Å². The van der Waals surface area contributed by atoms with Crippen LogP contribution in [0.1, 0.15) is 36.6 Å².